The minimum atomic E-state index is -0.137. The van der Waals surface area contributed by atoms with E-state index in [0.717, 1.165) is 19.5 Å². The number of rotatable bonds is 6. The van der Waals surface area contributed by atoms with Crippen LogP contribution in [0.1, 0.15) is 18.4 Å². The molecule has 0 saturated heterocycles. The van der Waals surface area contributed by atoms with E-state index < -0.39 is 0 Å². The molecule has 82 valence electrons. The standard InChI is InChI=1S/C12H18N2O/c15-12(11-1-2-11)9-14-8-5-10-3-6-13-7-4-10/h3-4,6-7,11-12,14-15H,1-2,5,8-9H2. The van der Waals surface area contributed by atoms with Crippen LogP contribution in [-0.4, -0.2) is 29.3 Å². The summed E-state index contributed by atoms with van der Waals surface area (Å²) in [6.45, 7) is 1.66. The average molecular weight is 206 g/mol. The lowest BCUT2D eigenvalue weighted by Gasteiger charge is -2.10. The van der Waals surface area contributed by atoms with Gasteiger partial charge in [-0.05, 0) is 49.4 Å². The quantitative estimate of drug-likeness (QED) is 0.682. The lowest BCUT2D eigenvalue weighted by Crippen LogP contribution is -2.29. The third-order valence-corrected chi connectivity index (χ3v) is 2.86. The summed E-state index contributed by atoms with van der Waals surface area (Å²) in [4.78, 5) is 3.97. The summed E-state index contributed by atoms with van der Waals surface area (Å²) < 4.78 is 0. The van der Waals surface area contributed by atoms with E-state index in [9.17, 15) is 5.11 Å². The first kappa shape index (κ1) is 10.6. The molecular weight excluding hydrogens is 188 g/mol. The summed E-state index contributed by atoms with van der Waals surface area (Å²) in [5, 5.41) is 12.9. The van der Waals surface area contributed by atoms with Gasteiger partial charge in [-0.25, -0.2) is 0 Å². The van der Waals surface area contributed by atoms with Gasteiger partial charge in [0.25, 0.3) is 0 Å². The molecule has 1 unspecified atom stereocenters. The normalized spacial score (nSPS) is 17.7. The number of nitrogens with zero attached hydrogens (tertiary/aromatic N) is 1. The van der Waals surface area contributed by atoms with Gasteiger partial charge in [-0.15, -0.1) is 0 Å². The van der Waals surface area contributed by atoms with Crippen LogP contribution in [0.4, 0.5) is 0 Å². The highest BCUT2D eigenvalue weighted by Gasteiger charge is 2.28. The monoisotopic (exact) mass is 206 g/mol. The van der Waals surface area contributed by atoms with Crippen LogP contribution in [0, 0.1) is 5.92 Å². The molecule has 1 aromatic rings. The molecule has 1 fully saturated rings. The van der Waals surface area contributed by atoms with E-state index in [1.54, 1.807) is 0 Å². The Hall–Kier alpha value is -0.930. The van der Waals surface area contributed by atoms with Crippen LogP contribution in [0.5, 0.6) is 0 Å². The highest BCUT2D eigenvalue weighted by molar-refractivity contribution is 5.09. The van der Waals surface area contributed by atoms with E-state index >= 15 is 0 Å². The van der Waals surface area contributed by atoms with Gasteiger partial charge in [0, 0.05) is 18.9 Å². The molecule has 1 aliphatic rings. The van der Waals surface area contributed by atoms with Crippen LogP contribution < -0.4 is 5.32 Å². The van der Waals surface area contributed by atoms with Gasteiger partial charge < -0.3 is 10.4 Å². The summed E-state index contributed by atoms with van der Waals surface area (Å²) in [5.41, 5.74) is 1.29. The number of aliphatic hydroxyl groups is 1. The summed E-state index contributed by atoms with van der Waals surface area (Å²) >= 11 is 0. The first-order valence-corrected chi connectivity index (χ1v) is 5.64. The van der Waals surface area contributed by atoms with E-state index in [1.807, 2.05) is 24.5 Å². The highest BCUT2D eigenvalue weighted by atomic mass is 16.3. The molecule has 1 saturated carbocycles. The molecule has 15 heavy (non-hydrogen) atoms. The molecule has 0 aromatic carbocycles. The molecular formula is C12H18N2O. The molecule has 1 aromatic heterocycles. The minimum Gasteiger partial charge on any atom is -0.392 e. The Bertz CT molecular complexity index is 285. The first-order valence-electron chi connectivity index (χ1n) is 5.64. The number of pyridine rings is 1. The zero-order valence-electron chi connectivity index (χ0n) is 8.89. The fraction of sp³-hybridized carbons (Fsp3) is 0.583. The summed E-state index contributed by atoms with van der Waals surface area (Å²) in [5.74, 6) is 0.568. The van der Waals surface area contributed by atoms with Crippen LogP contribution in [-0.2, 0) is 6.42 Å². The second kappa shape index (κ2) is 5.24. The number of nitrogens with one attached hydrogen (secondary N) is 1. The zero-order valence-corrected chi connectivity index (χ0v) is 8.89. The molecule has 0 aliphatic heterocycles. The van der Waals surface area contributed by atoms with Crippen LogP contribution in [0.3, 0.4) is 0 Å². The smallest absolute Gasteiger partial charge is 0.0692 e. The van der Waals surface area contributed by atoms with Gasteiger partial charge in [0.15, 0.2) is 0 Å². The molecule has 2 rings (SSSR count). The number of aliphatic hydroxyl groups excluding tert-OH is 1. The maximum Gasteiger partial charge on any atom is 0.0692 e. The van der Waals surface area contributed by atoms with Crippen molar-refractivity contribution in [1.29, 1.82) is 0 Å². The second-order valence-corrected chi connectivity index (χ2v) is 4.21. The van der Waals surface area contributed by atoms with Crippen molar-refractivity contribution in [2.75, 3.05) is 13.1 Å². The molecule has 1 aliphatic carbocycles. The van der Waals surface area contributed by atoms with Crippen molar-refractivity contribution in [3.05, 3.63) is 30.1 Å². The third kappa shape index (κ3) is 3.61. The van der Waals surface area contributed by atoms with Crippen LogP contribution in [0.25, 0.3) is 0 Å². The Morgan fingerprint density at radius 2 is 2.13 bits per heavy atom. The van der Waals surface area contributed by atoms with Gasteiger partial charge >= 0.3 is 0 Å². The molecule has 3 heteroatoms. The zero-order chi connectivity index (χ0) is 10.5. The molecule has 1 heterocycles. The Kier molecular flexibility index (Phi) is 3.69. The lowest BCUT2D eigenvalue weighted by atomic mass is 10.2. The van der Waals surface area contributed by atoms with Gasteiger partial charge in [0.05, 0.1) is 6.10 Å². The largest absolute Gasteiger partial charge is 0.392 e. The van der Waals surface area contributed by atoms with Crippen LogP contribution >= 0.6 is 0 Å². The van der Waals surface area contributed by atoms with Crippen molar-refractivity contribution in [3.8, 4) is 0 Å². The van der Waals surface area contributed by atoms with E-state index in [4.69, 9.17) is 0 Å². The van der Waals surface area contributed by atoms with Gasteiger partial charge in [-0.3, -0.25) is 4.98 Å². The number of aromatic nitrogens is 1. The maximum atomic E-state index is 9.61. The number of hydrogen-bond donors (Lipinski definition) is 2. The van der Waals surface area contributed by atoms with Crippen molar-refractivity contribution in [3.63, 3.8) is 0 Å². The van der Waals surface area contributed by atoms with Gasteiger partial charge in [0.1, 0.15) is 0 Å². The van der Waals surface area contributed by atoms with Crippen LogP contribution in [0.15, 0.2) is 24.5 Å². The molecule has 0 spiro atoms. The van der Waals surface area contributed by atoms with Gasteiger partial charge in [-0.1, -0.05) is 0 Å². The van der Waals surface area contributed by atoms with Crippen molar-refractivity contribution in [1.82, 2.24) is 10.3 Å². The Balaban J connectivity index is 1.58. The Morgan fingerprint density at radius 1 is 1.40 bits per heavy atom. The van der Waals surface area contributed by atoms with Crippen molar-refractivity contribution in [2.24, 2.45) is 5.92 Å². The summed E-state index contributed by atoms with van der Waals surface area (Å²) in [7, 11) is 0. The van der Waals surface area contributed by atoms with E-state index in [2.05, 4.69) is 10.3 Å². The minimum absolute atomic E-state index is 0.137. The molecule has 0 amide bonds. The third-order valence-electron chi connectivity index (χ3n) is 2.86. The predicted molar refractivity (Wildman–Crippen MR) is 59.5 cm³/mol. The predicted octanol–water partition coefficient (Wildman–Crippen LogP) is 0.985. The highest BCUT2D eigenvalue weighted by Crippen LogP contribution is 2.32. The molecule has 1 atom stereocenters. The molecule has 0 bridgehead atoms. The van der Waals surface area contributed by atoms with Crippen molar-refractivity contribution in [2.45, 2.75) is 25.4 Å². The molecule has 0 radical (unpaired) electrons. The topological polar surface area (TPSA) is 45.1 Å². The fourth-order valence-electron chi connectivity index (χ4n) is 1.68. The van der Waals surface area contributed by atoms with E-state index in [1.165, 1.54) is 18.4 Å². The van der Waals surface area contributed by atoms with E-state index in [0.29, 0.717) is 5.92 Å². The SMILES string of the molecule is OC(CNCCc1ccncc1)C1CC1. The molecule has 3 nitrogen and oxygen atoms in total. The first-order chi connectivity index (χ1) is 7.36. The summed E-state index contributed by atoms with van der Waals surface area (Å²) in [6, 6.07) is 4.05. The second-order valence-electron chi connectivity index (χ2n) is 4.21. The maximum absolute atomic E-state index is 9.61. The number of hydrogen-bond acceptors (Lipinski definition) is 3. The Labute approximate surface area is 90.5 Å². The van der Waals surface area contributed by atoms with Gasteiger partial charge in [-0.2, -0.15) is 0 Å². The fourth-order valence-corrected chi connectivity index (χ4v) is 1.68. The van der Waals surface area contributed by atoms with Crippen LogP contribution in [0.2, 0.25) is 0 Å². The lowest BCUT2D eigenvalue weighted by molar-refractivity contribution is 0.149. The summed E-state index contributed by atoms with van der Waals surface area (Å²) in [6.07, 6.45) is 6.89. The van der Waals surface area contributed by atoms with E-state index in [-0.39, 0.29) is 6.10 Å². The van der Waals surface area contributed by atoms with Gasteiger partial charge in [0.2, 0.25) is 0 Å². The van der Waals surface area contributed by atoms with Crippen molar-refractivity contribution < 1.29 is 5.11 Å². The average Bonchev–Trinajstić information content (AvgIpc) is 3.09. The Morgan fingerprint density at radius 3 is 2.80 bits per heavy atom. The molecule has 2 N–H and O–H groups in total. The van der Waals surface area contributed by atoms with Crippen molar-refractivity contribution >= 4 is 0 Å².